The van der Waals surface area contributed by atoms with Crippen LogP contribution in [0.2, 0.25) is 0 Å². The molecule has 8 heteroatoms. The van der Waals surface area contributed by atoms with E-state index in [2.05, 4.69) is 19.9 Å². The molecule has 1 heterocycles. The Balaban J connectivity index is 0.00000242. The average Bonchev–Trinajstić information content (AvgIpc) is 2.85. The number of nitrogens with one attached hydrogen (secondary N) is 1. The molecule has 1 aliphatic heterocycles. The number of hydrogen-bond donors (Lipinski definition) is 1. The lowest BCUT2D eigenvalue weighted by molar-refractivity contribution is -0.173. The maximum absolute atomic E-state index is 11.9. The predicted molar refractivity (Wildman–Crippen MR) is 90.7 cm³/mol. The molecule has 2 atom stereocenters. The van der Waals surface area contributed by atoms with Crippen molar-refractivity contribution in [2.45, 2.75) is 31.9 Å². The van der Waals surface area contributed by atoms with Crippen molar-refractivity contribution in [3.8, 4) is 0 Å². The lowest BCUT2D eigenvalue weighted by Crippen LogP contribution is -2.41. The van der Waals surface area contributed by atoms with E-state index < -0.39 is 12.8 Å². The molecule has 1 saturated heterocycles. The number of likely N-dealkylation sites (tertiary alicyclic amines) is 1. The van der Waals surface area contributed by atoms with Crippen LogP contribution in [0.25, 0.3) is 0 Å². The normalized spacial score (nSPS) is 25.6. The van der Waals surface area contributed by atoms with Gasteiger partial charge >= 0.3 is 6.18 Å². The molecule has 0 spiro atoms. The zero-order valence-electron chi connectivity index (χ0n) is 12.9. The summed E-state index contributed by atoms with van der Waals surface area (Å²) in [5, 5.41) is 3.09. The number of ether oxygens (including phenoxy) is 1. The first-order valence-electron chi connectivity index (χ1n) is 7.59. The molecule has 130 valence electrons. The lowest BCUT2D eigenvalue weighted by atomic mass is 9.82. The van der Waals surface area contributed by atoms with Crippen molar-refractivity contribution in [2.75, 3.05) is 39.9 Å². The zero-order valence-corrected chi connectivity index (χ0v) is 15.2. The number of aliphatic imine (C=N–C) groups is 1. The Bertz CT molecular complexity index is 352. The molecule has 0 bridgehead atoms. The third kappa shape index (κ3) is 6.10. The van der Waals surface area contributed by atoms with E-state index in [-0.39, 0.29) is 30.6 Å². The van der Waals surface area contributed by atoms with Gasteiger partial charge in [0, 0.05) is 26.7 Å². The average molecular weight is 435 g/mol. The van der Waals surface area contributed by atoms with Gasteiger partial charge in [0.25, 0.3) is 0 Å². The Labute approximate surface area is 146 Å². The number of rotatable bonds is 4. The first-order valence-corrected chi connectivity index (χ1v) is 7.59. The summed E-state index contributed by atoms with van der Waals surface area (Å²) in [4.78, 5) is 6.45. The van der Waals surface area contributed by atoms with E-state index in [1.807, 2.05) is 0 Å². The van der Waals surface area contributed by atoms with Gasteiger partial charge in [-0.25, -0.2) is 0 Å². The number of alkyl halides is 3. The highest BCUT2D eigenvalue weighted by molar-refractivity contribution is 14.0. The topological polar surface area (TPSA) is 36.9 Å². The standard InChI is InChI=1S/C14H24F3N3O.HI/c1-18-13(19-6-7-21-10-14(15,16)17)20-8-11-4-2-3-5-12(11)9-20;/h11-12H,2-10H2,1H3,(H,18,19);1H. The summed E-state index contributed by atoms with van der Waals surface area (Å²) in [6.07, 6.45) is 0.935. The van der Waals surface area contributed by atoms with Crippen LogP contribution in [-0.4, -0.2) is 56.9 Å². The minimum Gasteiger partial charge on any atom is -0.370 e. The first-order chi connectivity index (χ1) is 9.99. The Morgan fingerprint density at radius 2 is 1.82 bits per heavy atom. The van der Waals surface area contributed by atoms with Gasteiger partial charge in [-0.2, -0.15) is 13.2 Å². The van der Waals surface area contributed by atoms with Gasteiger partial charge in [-0.05, 0) is 24.7 Å². The molecule has 0 aromatic carbocycles. The molecule has 1 saturated carbocycles. The Morgan fingerprint density at radius 1 is 1.23 bits per heavy atom. The fraction of sp³-hybridized carbons (Fsp3) is 0.929. The van der Waals surface area contributed by atoms with Crippen molar-refractivity contribution in [1.29, 1.82) is 0 Å². The van der Waals surface area contributed by atoms with Crippen LogP contribution in [0.4, 0.5) is 13.2 Å². The maximum Gasteiger partial charge on any atom is 0.411 e. The van der Waals surface area contributed by atoms with Crippen molar-refractivity contribution in [3.63, 3.8) is 0 Å². The summed E-state index contributed by atoms with van der Waals surface area (Å²) in [6.45, 7) is 1.19. The van der Waals surface area contributed by atoms with Gasteiger partial charge in [0.2, 0.25) is 0 Å². The van der Waals surface area contributed by atoms with E-state index in [0.717, 1.165) is 30.9 Å². The number of guanidine groups is 1. The van der Waals surface area contributed by atoms with Crippen LogP contribution in [0.3, 0.4) is 0 Å². The van der Waals surface area contributed by atoms with Gasteiger partial charge < -0.3 is 15.0 Å². The molecule has 0 radical (unpaired) electrons. The molecular weight excluding hydrogens is 410 g/mol. The molecule has 2 rings (SSSR count). The Hall–Kier alpha value is -0.250. The van der Waals surface area contributed by atoms with Gasteiger partial charge in [-0.3, -0.25) is 4.99 Å². The maximum atomic E-state index is 11.9. The van der Waals surface area contributed by atoms with E-state index in [0.29, 0.717) is 6.54 Å². The first kappa shape index (κ1) is 19.8. The monoisotopic (exact) mass is 435 g/mol. The SMILES string of the molecule is CN=C(NCCOCC(F)(F)F)N1CC2CCCCC2C1.I. The molecular formula is C14H25F3IN3O. The largest absolute Gasteiger partial charge is 0.411 e. The summed E-state index contributed by atoms with van der Waals surface area (Å²) in [6, 6.07) is 0. The fourth-order valence-electron chi connectivity index (χ4n) is 3.33. The molecule has 2 aliphatic rings. The van der Waals surface area contributed by atoms with Gasteiger partial charge in [0.05, 0.1) is 6.61 Å². The molecule has 4 nitrogen and oxygen atoms in total. The molecule has 1 N–H and O–H groups in total. The van der Waals surface area contributed by atoms with Crippen LogP contribution < -0.4 is 5.32 Å². The van der Waals surface area contributed by atoms with E-state index in [9.17, 15) is 13.2 Å². The fourth-order valence-corrected chi connectivity index (χ4v) is 3.33. The van der Waals surface area contributed by atoms with Gasteiger partial charge in [0.1, 0.15) is 6.61 Å². The zero-order chi connectivity index (χ0) is 15.3. The van der Waals surface area contributed by atoms with Crippen LogP contribution in [0, 0.1) is 11.8 Å². The molecule has 2 unspecified atom stereocenters. The highest BCUT2D eigenvalue weighted by Gasteiger charge is 2.35. The van der Waals surface area contributed by atoms with E-state index in [4.69, 9.17) is 0 Å². The second kappa shape index (κ2) is 9.14. The summed E-state index contributed by atoms with van der Waals surface area (Å²) < 4.78 is 40.4. The van der Waals surface area contributed by atoms with Crippen molar-refractivity contribution in [3.05, 3.63) is 0 Å². The smallest absolute Gasteiger partial charge is 0.370 e. The number of fused-ring (bicyclic) bond motifs is 1. The number of halogens is 4. The van der Waals surface area contributed by atoms with Crippen molar-refractivity contribution >= 4 is 29.9 Å². The third-order valence-corrected chi connectivity index (χ3v) is 4.28. The lowest BCUT2D eigenvalue weighted by Gasteiger charge is -2.22. The molecule has 22 heavy (non-hydrogen) atoms. The van der Waals surface area contributed by atoms with Gasteiger partial charge in [0.15, 0.2) is 5.96 Å². The minimum absolute atomic E-state index is 0. The summed E-state index contributed by atoms with van der Waals surface area (Å²) in [5.74, 6) is 2.28. The van der Waals surface area contributed by atoms with Crippen LogP contribution in [0.5, 0.6) is 0 Å². The van der Waals surface area contributed by atoms with E-state index in [1.54, 1.807) is 7.05 Å². The summed E-state index contributed by atoms with van der Waals surface area (Å²) >= 11 is 0. The quantitative estimate of drug-likeness (QED) is 0.320. The van der Waals surface area contributed by atoms with Crippen LogP contribution in [0.1, 0.15) is 25.7 Å². The Kier molecular flexibility index (Phi) is 8.23. The van der Waals surface area contributed by atoms with Crippen LogP contribution >= 0.6 is 24.0 Å². The van der Waals surface area contributed by atoms with Gasteiger partial charge in [-0.1, -0.05) is 12.8 Å². The Morgan fingerprint density at radius 3 is 2.32 bits per heavy atom. The second-order valence-electron chi connectivity index (χ2n) is 5.85. The van der Waals surface area contributed by atoms with Gasteiger partial charge in [-0.15, -0.1) is 24.0 Å². The third-order valence-electron chi connectivity index (χ3n) is 4.28. The molecule has 0 aromatic rings. The molecule has 2 fully saturated rings. The van der Waals surface area contributed by atoms with E-state index >= 15 is 0 Å². The summed E-state index contributed by atoms with van der Waals surface area (Å²) in [7, 11) is 1.71. The van der Waals surface area contributed by atoms with Crippen molar-refractivity contribution in [2.24, 2.45) is 16.8 Å². The minimum atomic E-state index is -4.26. The van der Waals surface area contributed by atoms with E-state index in [1.165, 1.54) is 25.7 Å². The van der Waals surface area contributed by atoms with Crippen LogP contribution in [-0.2, 0) is 4.74 Å². The molecule has 0 amide bonds. The number of hydrogen-bond acceptors (Lipinski definition) is 2. The van der Waals surface area contributed by atoms with Crippen molar-refractivity contribution in [1.82, 2.24) is 10.2 Å². The second-order valence-corrected chi connectivity index (χ2v) is 5.85. The van der Waals surface area contributed by atoms with Crippen LogP contribution in [0.15, 0.2) is 4.99 Å². The highest BCUT2D eigenvalue weighted by atomic mass is 127. The molecule has 0 aromatic heterocycles. The highest BCUT2D eigenvalue weighted by Crippen LogP contribution is 2.35. The summed E-state index contributed by atoms with van der Waals surface area (Å²) in [5.41, 5.74) is 0. The predicted octanol–water partition coefficient (Wildman–Crippen LogP) is 2.88. The molecule has 1 aliphatic carbocycles. The van der Waals surface area contributed by atoms with Crippen molar-refractivity contribution < 1.29 is 17.9 Å². The number of nitrogens with zero attached hydrogens (tertiary/aromatic N) is 2.